The summed E-state index contributed by atoms with van der Waals surface area (Å²) in [6, 6.07) is 48.0. The second kappa shape index (κ2) is 13.3. The Balaban J connectivity index is 0.000000118. The maximum atomic E-state index is 5.03. The third kappa shape index (κ3) is 5.46. The largest absolute Gasteiger partial charge is 0.146 e. The maximum absolute atomic E-state index is 5.03. The third-order valence-electron chi connectivity index (χ3n) is 12.0. The van der Waals surface area contributed by atoms with E-state index in [-0.39, 0.29) is 0 Å². The minimum atomic E-state index is -0.444. The van der Waals surface area contributed by atoms with Gasteiger partial charge in [0.15, 0.2) is 0 Å². The molecule has 0 nitrogen and oxygen atoms in total. The van der Waals surface area contributed by atoms with Crippen LogP contribution in [0.2, 0.25) is 0 Å². The maximum Gasteiger partial charge on any atom is 0.0826 e. The molecule has 0 saturated carbocycles. The van der Waals surface area contributed by atoms with E-state index in [9.17, 15) is 0 Å². The monoisotopic (exact) mass is 740 g/mol. The van der Waals surface area contributed by atoms with Crippen molar-refractivity contribution in [3.05, 3.63) is 234 Å². The van der Waals surface area contributed by atoms with Gasteiger partial charge in [0.2, 0.25) is 0 Å². The van der Waals surface area contributed by atoms with Crippen molar-refractivity contribution in [3.63, 3.8) is 0 Å². The molecule has 0 N–H and O–H groups in total. The van der Waals surface area contributed by atoms with E-state index in [0.29, 0.717) is 0 Å². The zero-order valence-electron chi connectivity index (χ0n) is 31.0. The summed E-state index contributed by atoms with van der Waals surface area (Å²) in [6.07, 6.45) is 15.6. The summed E-state index contributed by atoms with van der Waals surface area (Å²) in [6.45, 7) is 4.30. The molecule has 0 atom stereocenters. The van der Waals surface area contributed by atoms with Crippen LogP contribution in [0.5, 0.6) is 0 Å². The first-order valence-corrected chi connectivity index (χ1v) is 20.0. The summed E-state index contributed by atoms with van der Waals surface area (Å²) in [7, 11) is 0. The van der Waals surface area contributed by atoms with Gasteiger partial charge < -0.3 is 0 Å². The van der Waals surface area contributed by atoms with Crippen LogP contribution in [-0.2, 0) is 12.8 Å². The molecule has 0 saturated heterocycles. The van der Waals surface area contributed by atoms with Crippen LogP contribution in [0.3, 0.4) is 0 Å². The minimum Gasteiger partial charge on any atom is -0.146 e. The molecule has 0 amide bonds. The Kier molecular flexibility index (Phi) is 8.24. The van der Waals surface area contributed by atoms with E-state index < -0.39 is 5.41 Å². The second-order valence-corrected chi connectivity index (χ2v) is 16.3. The molecule has 6 aromatic rings. The number of rotatable bonds is 0. The Labute approximate surface area is 335 Å². The SMILES string of the molecule is Cc1ccc2c(c1)C=C1C2=CC=C(S)C12C(S)=CC=C1C2=Cc2cc(C)ccc21.c1ccc2c(c1)Cc1ccccc1-2.c1ccc2c(c1)Cc1ccccc1-2. The third-order valence-corrected chi connectivity index (χ3v) is 12.9. The van der Waals surface area contributed by atoms with Crippen molar-refractivity contribution in [2.24, 2.45) is 5.41 Å². The molecule has 264 valence electrons. The molecule has 0 bridgehead atoms. The molecule has 6 aliphatic carbocycles. The van der Waals surface area contributed by atoms with E-state index in [1.165, 1.54) is 100 Å². The topological polar surface area (TPSA) is 0 Å². The van der Waals surface area contributed by atoms with Gasteiger partial charge >= 0.3 is 0 Å². The number of hydrogen-bond donors (Lipinski definition) is 2. The van der Waals surface area contributed by atoms with Gasteiger partial charge in [-0.1, -0.05) is 169 Å². The number of aryl methyl sites for hydroxylation is 2. The average Bonchev–Trinajstić information content (AvgIpc) is 3.97. The predicted molar refractivity (Wildman–Crippen MR) is 240 cm³/mol. The van der Waals surface area contributed by atoms with Gasteiger partial charge in [-0.2, -0.15) is 0 Å². The van der Waals surface area contributed by atoms with Crippen LogP contribution in [0.1, 0.15) is 55.6 Å². The zero-order chi connectivity index (χ0) is 37.3. The molecule has 55 heavy (non-hydrogen) atoms. The van der Waals surface area contributed by atoms with Crippen molar-refractivity contribution < 1.29 is 0 Å². The van der Waals surface area contributed by atoms with Gasteiger partial charge in [-0.25, -0.2) is 0 Å². The highest BCUT2D eigenvalue weighted by molar-refractivity contribution is 7.86. The molecular formula is C53H40S2. The van der Waals surface area contributed by atoms with Gasteiger partial charge in [0.25, 0.3) is 0 Å². The van der Waals surface area contributed by atoms with Crippen molar-refractivity contribution in [1.82, 2.24) is 0 Å². The van der Waals surface area contributed by atoms with Crippen LogP contribution in [-0.4, -0.2) is 0 Å². The molecule has 2 heteroatoms. The lowest BCUT2D eigenvalue weighted by Crippen LogP contribution is -2.30. The van der Waals surface area contributed by atoms with E-state index in [1.807, 2.05) is 0 Å². The molecular weight excluding hydrogens is 701 g/mol. The van der Waals surface area contributed by atoms with Crippen molar-refractivity contribution in [3.8, 4) is 22.3 Å². The first kappa shape index (κ1) is 34.0. The van der Waals surface area contributed by atoms with Crippen molar-refractivity contribution >= 4 is 48.6 Å². The minimum absolute atomic E-state index is 0.444. The van der Waals surface area contributed by atoms with Gasteiger partial charge in [0.1, 0.15) is 0 Å². The molecule has 0 radical (unpaired) electrons. The lowest BCUT2D eigenvalue weighted by Gasteiger charge is -2.42. The van der Waals surface area contributed by atoms with E-state index in [1.54, 1.807) is 0 Å². The predicted octanol–water partition coefficient (Wildman–Crippen LogP) is 13.7. The Bertz CT molecular complexity index is 2520. The van der Waals surface area contributed by atoms with Gasteiger partial charge in [-0.3, -0.25) is 0 Å². The van der Waals surface area contributed by atoms with Gasteiger partial charge in [0, 0.05) is 9.81 Å². The van der Waals surface area contributed by atoms with Crippen molar-refractivity contribution in [2.75, 3.05) is 0 Å². The van der Waals surface area contributed by atoms with E-state index in [4.69, 9.17) is 25.3 Å². The first-order valence-electron chi connectivity index (χ1n) is 19.1. The summed E-state index contributed by atoms with van der Waals surface area (Å²) in [4.78, 5) is 2.05. The second-order valence-electron chi connectivity index (χ2n) is 15.3. The number of allylic oxidation sites excluding steroid dienone is 10. The van der Waals surface area contributed by atoms with Crippen LogP contribution in [0.4, 0.5) is 0 Å². The molecule has 0 unspecified atom stereocenters. The first-order chi connectivity index (χ1) is 26.9. The highest BCUT2D eigenvalue weighted by Crippen LogP contribution is 2.65. The number of thiol groups is 2. The number of fused-ring (bicyclic) bond motifs is 14. The summed E-state index contributed by atoms with van der Waals surface area (Å²) in [5, 5.41) is 0. The lowest BCUT2D eigenvalue weighted by molar-refractivity contribution is 0.728. The number of hydrogen-bond acceptors (Lipinski definition) is 2. The standard InChI is InChI=1S/C27H20S2.2C13H10/c1-15-3-5-19-17(11-15)13-23-21(19)7-9-25(28)27(23)24-14-18-12-16(2)4-6-20(18)22(24)8-10-26(27)29;2*1-3-7-12-10(5-1)9-11-6-2-4-8-13(11)12/h3-14,28-29H,1-2H3;2*1-8H,9H2. The van der Waals surface area contributed by atoms with Crippen LogP contribution < -0.4 is 0 Å². The van der Waals surface area contributed by atoms with Gasteiger partial charge in [-0.05, 0) is 128 Å². The summed E-state index contributed by atoms with van der Waals surface area (Å²) in [5.41, 5.74) is 23.9. The van der Waals surface area contributed by atoms with Crippen molar-refractivity contribution in [2.45, 2.75) is 26.7 Å². The normalized spacial score (nSPS) is 16.3. The van der Waals surface area contributed by atoms with E-state index in [0.717, 1.165) is 22.7 Å². The van der Waals surface area contributed by atoms with E-state index in [2.05, 4.69) is 184 Å². The molecule has 6 aromatic carbocycles. The van der Waals surface area contributed by atoms with Gasteiger partial charge in [0.05, 0.1) is 5.41 Å². The Morgan fingerprint density at radius 2 is 0.745 bits per heavy atom. The zero-order valence-corrected chi connectivity index (χ0v) is 32.8. The molecule has 0 fully saturated rings. The van der Waals surface area contributed by atoms with Crippen LogP contribution in [0.25, 0.3) is 45.6 Å². The summed E-state index contributed by atoms with van der Waals surface area (Å²) >= 11 is 10.1. The smallest absolute Gasteiger partial charge is 0.0826 e. The molecule has 0 heterocycles. The quantitative estimate of drug-likeness (QED) is 0.142. The van der Waals surface area contributed by atoms with Crippen LogP contribution >= 0.6 is 25.3 Å². The lowest BCUT2D eigenvalue weighted by atomic mass is 9.65. The fourth-order valence-corrected chi connectivity index (χ4v) is 10.4. The molecule has 12 rings (SSSR count). The molecule has 0 aromatic heterocycles. The van der Waals surface area contributed by atoms with Gasteiger partial charge in [-0.15, -0.1) is 25.3 Å². The average molecular weight is 741 g/mol. The molecule has 1 spiro atoms. The Morgan fingerprint density at radius 1 is 0.400 bits per heavy atom. The summed E-state index contributed by atoms with van der Waals surface area (Å²) < 4.78 is 0. The van der Waals surface area contributed by atoms with Crippen LogP contribution in [0, 0.1) is 19.3 Å². The van der Waals surface area contributed by atoms with Crippen LogP contribution in [0.15, 0.2) is 179 Å². The fourth-order valence-electron chi connectivity index (χ4n) is 9.39. The Hall–Kier alpha value is -5.54. The van der Waals surface area contributed by atoms with Crippen molar-refractivity contribution in [1.29, 1.82) is 0 Å². The van der Waals surface area contributed by atoms with E-state index >= 15 is 0 Å². The summed E-state index contributed by atoms with van der Waals surface area (Å²) in [5.74, 6) is 0. The number of benzene rings is 6. The molecule has 6 aliphatic rings. The highest BCUT2D eigenvalue weighted by Gasteiger charge is 2.50. The molecule has 0 aliphatic heterocycles. The fraction of sp³-hybridized carbons (Fsp3) is 0.0943. The Morgan fingerprint density at radius 3 is 1.11 bits per heavy atom. The highest BCUT2D eigenvalue weighted by atomic mass is 32.1.